The lowest BCUT2D eigenvalue weighted by Crippen LogP contribution is -2.26. The van der Waals surface area contributed by atoms with Crippen LogP contribution in [0.4, 0.5) is 0 Å². The van der Waals surface area contributed by atoms with Crippen LogP contribution in [0.3, 0.4) is 0 Å². The van der Waals surface area contributed by atoms with Gasteiger partial charge in [0.2, 0.25) is 0 Å². The van der Waals surface area contributed by atoms with Crippen LogP contribution in [0, 0.1) is 0 Å². The number of aromatic nitrogens is 1. The highest BCUT2D eigenvalue weighted by molar-refractivity contribution is 7.86. The molecule has 0 aliphatic rings. The van der Waals surface area contributed by atoms with E-state index >= 15 is 0 Å². The Morgan fingerprint density at radius 3 is 2.61 bits per heavy atom. The van der Waals surface area contributed by atoms with Crippen molar-refractivity contribution in [1.82, 2.24) is 4.98 Å². The lowest BCUT2D eigenvalue weighted by atomic mass is 9.90. The molecule has 0 radical (unpaired) electrons. The summed E-state index contributed by atoms with van der Waals surface area (Å²) in [5.41, 5.74) is 2.25. The number of fused-ring (bicyclic) bond motifs is 1. The summed E-state index contributed by atoms with van der Waals surface area (Å²) in [6.07, 6.45) is 4.90. The molecule has 0 saturated carbocycles. The zero-order chi connectivity index (χ0) is 22.6. The number of rotatable bonds is 8. The summed E-state index contributed by atoms with van der Waals surface area (Å²) in [5, 5.41) is 12.1. The van der Waals surface area contributed by atoms with Crippen molar-refractivity contribution in [1.29, 1.82) is 0 Å². The van der Waals surface area contributed by atoms with Gasteiger partial charge in [-0.1, -0.05) is 54.1 Å². The Hall–Kier alpha value is -2.25. The number of aryl methyl sites for hydroxylation is 1. The standard InChI is InChI=1S/C24H26ClNO4S/c1-24(2,30-31(3,28)29)22-7-5-4-6-17(22)10-14-21(27)15-13-20-12-9-18-8-11-19(25)16-23(18)26-20/h4-9,11-13,15-16,21,27H,10,14H2,1-3H3. The number of pyridine rings is 1. The first-order valence-corrected chi connectivity index (χ1v) is 12.1. The first kappa shape index (κ1) is 23.4. The van der Waals surface area contributed by atoms with E-state index in [4.69, 9.17) is 15.8 Å². The fourth-order valence-electron chi connectivity index (χ4n) is 3.56. The number of hydrogen-bond donors (Lipinski definition) is 1. The van der Waals surface area contributed by atoms with Gasteiger partial charge in [0, 0.05) is 10.4 Å². The fourth-order valence-corrected chi connectivity index (χ4v) is 4.57. The lowest BCUT2D eigenvalue weighted by molar-refractivity contribution is 0.118. The molecule has 31 heavy (non-hydrogen) atoms. The summed E-state index contributed by atoms with van der Waals surface area (Å²) in [7, 11) is -3.61. The maximum atomic E-state index is 11.6. The molecule has 3 aromatic rings. The fraction of sp³-hybridized carbons (Fsp3) is 0.292. The molecule has 164 valence electrons. The Kier molecular flexibility index (Phi) is 7.17. The number of nitrogens with zero attached hydrogens (tertiary/aromatic N) is 1. The maximum Gasteiger partial charge on any atom is 0.265 e. The average molecular weight is 460 g/mol. The molecule has 1 N–H and O–H groups in total. The number of aliphatic hydroxyl groups is 1. The van der Waals surface area contributed by atoms with Crippen LogP contribution >= 0.6 is 11.6 Å². The summed E-state index contributed by atoms with van der Waals surface area (Å²) in [6.45, 7) is 3.45. The van der Waals surface area contributed by atoms with Gasteiger partial charge in [-0.05, 0) is 62.1 Å². The van der Waals surface area contributed by atoms with Gasteiger partial charge in [0.05, 0.1) is 23.6 Å². The van der Waals surface area contributed by atoms with E-state index in [9.17, 15) is 13.5 Å². The van der Waals surface area contributed by atoms with Crippen LogP contribution in [-0.2, 0) is 26.3 Å². The van der Waals surface area contributed by atoms with Crippen molar-refractivity contribution in [3.8, 4) is 0 Å². The summed E-state index contributed by atoms with van der Waals surface area (Å²) in [6, 6.07) is 16.9. The van der Waals surface area contributed by atoms with E-state index in [-0.39, 0.29) is 0 Å². The first-order valence-electron chi connectivity index (χ1n) is 9.95. The molecule has 3 rings (SSSR count). The van der Waals surface area contributed by atoms with E-state index < -0.39 is 21.8 Å². The largest absolute Gasteiger partial charge is 0.389 e. The van der Waals surface area contributed by atoms with Crippen molar-refractivity contribution in [2.75, 3.05) is 6.26 Å². The average Bonchev–Trinajstić information content (AvgIpc) is 2.68. The van der Waals surface area contributed by atoms with Gasteiger partial charge in [-0.15, -0.1) is 0 Å². The molecular formula is C24H26ClNO4S. The molecule has 0 amide bonds. The number of halogens is 1. The second-order valence-electron chi connectivity index (χ2n) is 7.99. The molecule has 1 aromatic heterocycles. The predicted molar refractivity (Wildman–Crippen MR) is 126 cm³/mol. The van der Waals surface area contributed by atoms with E-state index in [0.717, 1.165) is 34.0 Å². The van der Waals surface area contributed by atoms with Gasteiger partial charge in [0.15, 0.2) is 0 Å². The molecule has 7 heteroatoms. The monoisotopic (exact) mass is 459 g/mol. The Labute approximate surface area is 188 Å². The van der Waals surface area contributed by atoms with Crippen molar-refractivity contribution in [3.05, 3.63) is 82.5 Å². The van der Waals surface area contributed by atoms with E-state index in [1.807, 2.05) is 54.6 Å². The molecular weight excluding hydrogens is 434 g/mol. The van der Waals surface area contributed by atoms with Gasteiger partial charge >= 0.3 is 0 Å². The SMILES string of the molecule is CC(C)(OS(C)(=O)=O)c1ccccc1CCC(O)C=Cc1ccc2ccc(Cl)cc2n1. The van der Waals surface area contributed by atoms with Crippen molar-refractivity contribution >= 4 is 38.7 Å². The molecule has 0 aliphatic carbocycles. The topological polar surface area (TPSA) is 76.5 Å². The van der Waals surface area contributed by atoms with Gasteiger partial charge in [0.1, 0.15) is 5.60 Å². The van der Waals surface area contributed by atoms with Crippen LogP contribution in [0.2, 0.25) is 5.02 Å². The zero-order valence-electron chi connectivity index (χ0n) is 17.7. The number of benzene rings is 2. The van der Waals surface area contributed by atoms with Crippen molar-refractivity contribution in [2.24, 2.45) is 0 Å². The van der Waals surface area contributed by atoms with E-state index in [2.05, 4.69) is 4.98 Å². The molecule has 5 nitrogen and oxygen atoms in total. The minimum absolute atomic E-state index is 0.474. The van der Waals surface area contributed by atoms with Gasteiger partial charge < -0.3 is 5.11 Å². The smallest absolute Gasteiger partial charge is 0.265 e. The quantitative estimate of drug-likeness (QED) is 0.474. The third-order valence-corrected chi connectivity index (χ3v) is 5.85. The third kappa shape index (κ3) is 6.61. The van der Waals surface area contributed by atoms with Crippen molar-refractivity contribution in [3.63, 3.8) is 0 Å². The van der Waals surface area contributed by atoms with Crippen LogP contribution in [0.25, 0.3) is 17.0 Å². The normalized spacial score (nSPS) is 13.7. The van der Waals surface area contributed by atoms with E-state index in [1.54, 1.807) is 26.0 Å². The molecule has 0 spiro atoms. The summed E-state index contributed by atoms with van der Waals surface area (Å²) in [4.78, 5) is 4.55. The van der Waals surface area contributed by atoms with Crippen LogP contribution in [0.5, 0.6) is 0 Å². The van der Waals surface area contributed by atoms with Crippen LogP contribution < -0.4 is 0 Å². The van der Waals surface area contributed by atoms with E-state index in [1.165, 1.54) is 0 Å². The first-order chi connectivity index (χ1) is 14.5. The van der Waals surface area contributed by atoms with Gasteiger partial charge in [0.25, 0.3) is 10.1 Å². The highest BCUT2D eigenvalue weighted by Gasteiger charge is 2.28. The predicted octanol–water partition coefficient (Wildman–Crippen LogP) is 5.11. The Bertz CT molecular complexity index is 1210. The summed E-state index contributed by atoms with van der Waals surface area (Å²) in [5.74, 6) is 0. The Morgan fingerprint density at radius 2 is 1.87 bits per heavy atom. The number of hydrogen-bond acceptors (Lipinski definition) is 5. The van der Waals surface area contributed by atoms with Crippen molar-refractivity contribution in [2.45, 2.75) is 38.4 Å². The van der Waals surface area contributed by atoms with Crippen LogP contribution in [0.15, 0.2) is 60.7 Å². The van der Waals surface area contributed by atoms with Crippen LogP contribution in [-0.4, -0.2) is 30.9 Å². The second kappa shape index (κ2) is 9.49. The highest BCUT2D eigenvalue weighted by Crippen LogP contribution is 2.30. The molecule has 1 atom stereocenters. The summed E-state index contributed by atoms with van der Waals surface area (Å²) < 4.78 is 28.6. The van der Waals surface area contributed by atoms with E-state index in [0.29, 0.717) is 17.9 Å². The van der Waals surface area contributed by atoms with Crippen molar-refractivity contribution < 1.29 is 17.7 Å². The minimum Gasteiger partial charge on any atom is -0.389 e. The molecule has 0 fully saturated rings. The Morgan fingerprint density at radius 1 is 1.16 bits per heavy atom. The third-order valence-electron chi connectivity index (χ3n) is 4.90. The molecule has 1 unspecified atom stereocenters. The van der Waals surface area contributed by atoms with Crippen LogP contribution in [0.1, 0.15) is 37.1 Å². The highest BCUT2D eigenvalue weighted by atomic mass is 35.5. The molecule has 1 heterocycles. The van der Waals surface area contributed by atoms with Gasteiger partial charge in [-0.25, -0.2) is 4.98 Å². The maximum absolute atomic E-state index is 11.6. The Balaban J connectivity index is 1.69. The summed E-state index contributed by atoms with van der Waals surface area (Å²) >= 11 is 6.04. The zero-order valence-corrected chi connectivity index (χ0v) is 19.3. The lowest BCUT2D eigenvalue weighted by Gasteiger charge is -2.27. The molecule has 0 bridgehead atoms. The molecule has 0 aliphatic heterocycles. The van der Waals surface area contributed by atoms with Gasteiger partial charge in [-0.3, -0.25) is 4.18 Å². The second-order valence-corrected chi connectivity index (χ2v) is 10.0. The van der Waals surface area contributed by atoms with Gasteiger partial charge in [-0.2, -0.15) is 8.42 Å². The minimum atomic E-state index is -3.61. The number of aliphatic hydroxyl groups excluding tert-OH is 1. The molecule has 2 aromatic carbocycles. The molecule has 0 saturated heterocycles.